The lowest BCUT2D eigenvalue weighted by Crippen LogP contribution is -2.24. The van der Waals surface area contributed by atoms with Crippen molar-refractivity contribution < 1.29 is 9.18 Å². The van der Waals surface area contributed by atoms with Gasteiger partial charge in [-0.05, 0) is 61.5 Å². The van der Waals surface area contributed by atoms with E-state index in [0.717, 1.165) is 19.6 Å². The normalized spacial score (nSPS) is 10.7. The van der Waals surface area contributed by atoms with Crippen LogP contribution in [0.3, 0.4) is 0 Å². The zero-order chi connectivity index (χ0) is 21.1. The van der Waals surface area contributed by atoms with Crippen molar-refractivity contribution in [2.75, 3.05) is 5.32 Å². The maximum absolute atomic E-state index is 13.1. The first-order valence-corrected chi connectivity index (χ1v) is 10.6. The van der Waals surface area contributed by atoms with Crippen molar-refractivity contribution in [1.82, 2.24) is 14.8 Å². The number of amides is 1. The van der Waals surface area contributed by atoms with Gasteiger partial charge in [-0.3, -0.25) is 9.59 Å². The smallest absolute Gasteiger partial charge is 0.276 e. The van der Waals surface area contributed by atoms with E-state index >= 15 is 0 Å². The second-order valence-corrected chi connectivity index (χ2v) is 8.46. The van der Waals surface area contributed by atoms with E-state index in [1.54, 1.807) is 35.2 Å². The lowest BCUT2D eigenvalue weighted by atomic mass is 10.3. The van der Waals surface area contributed by atoms with Gasteiger partial charge >= 0.3 is 0 Å². The fraction of sp³-hybridized carbons (Fsp3) is 0.0476. The molecule has 150 valence electrons. The third-order valence-corrected chi connectivity index (χ3v) is 6.08. The maximum Gasteiger partial charge on any atom is 0.276 e. The predicted octanol–water partition coefficient (Wildman–Crippen LogP) is 4.54. The fourth-order valence-corrected chi connectivity index (χ4v) is 4.39. The molecule has 6 nitrogen and oxygen atoms in total. The van der Waals surface area contributed by atoms with Crippen molar-refractivity contribution in [3.63, 3.8) is 0 Å². The van der Waals surface area contributed by atoms with Gasteiger partial charge in [-0.1, -0.05) is 11.8 Å². The van der Waals surface area contributed by atoms with Crippen molar-refractivity contribution in [3.8, 4) is 5.69 Å². The van der Waals surface area contributed by atoms with E-state index in [-0.39, 0.29) is 5.69 Å². The van der Waals surface area contributed by atoms with E-state index < -0.39 is 17.3 Å². The molecule has 0 saturated carbocycles. The summed E-state index contributed by atoms with van der Waals surface area (Å²) in [6.45, 7) is 1.95. The topological polar surface area (TPSA) is 76.9 Å². The number of halogens is 1. The Kier molecular flexibility index (Phi) is 5.73. The molecule has 4 aromatic rings. The average Bonchev–Trinajstić information content (AvgIpc) is 3.15. The number of nitrogens with zero attached hydrogens (tertiary/aromatic N) is 3. The molecule has 0 aliphatic rings. The Morgan fingerprint density at radius 2 is 1.80 bits per heavy atom. The molecule has 0 saturated heterocycles. The van der Waals surface area contributed by atoms with Gasteiger partial charge in [0.25, 0.3) is 11.5 Å². The molecule has 1 N–H and O–H groups in total. The molecule has 0 unspecified atom stereocenters. The predicted molar refractivity (Wildman–Crippen MR) is 115 cm³/mol. The minimum atomic E-state index is -0.457. The number of carbonyl (C=O) groups excluding carboxylic acids is 1. The highest BCUT2D eigenvalue weighted by atomic mass is 32.2. The van der Waals surface area contributed by atoms with Gasteiger partial charge < -0.3 is 5.32 Å². The quantitative estimate of drug-likeness (QED) is 0.495. The molecule has 0 aliphatic heterocycles. The summed E-state index contributed by atoms with van der Waals surface area (Å²) in [7, 11) is 0. The summed E-state index contributed by atoms with van der Waals surface area (Å²) in [5.74, 6) is -0.880. The second kappa shape index (κ2) is 8.60. The van der Waals surface area contributed by atoms with Crippen LogP contribution in [-0.2, 0) is 0 Å². The SMILES string of the molecule is Cc1csc(Sc2ccc(NC(=O)c3ccc(=O)n(-c4ccc(F)cc4)n3)cc2)n1. The minimum absolute atomic E-state index is 0.0654. The Balaban J connectivity index is 1.49. The van der Waals surface area contributed by atoms with Crippen LogP contribution in [0.15, 0.2) is 80.1 Å². The highest BCUT2D eigenvalue weighted by molar-refractivity contribution is 8.01. The molecule has 0 bridgehead atoms. The summed E-state index contributed by atoms with van der Waals surface area (Å²) in [6, 6.07) is 15.3. The van der Waals surface area contributed by atoms with Crippen LogP contribution >= 0.6 is 23.1 Å². The van der Waals surface area contributed by atoms with Gasteiger partial charge in [-0.15, -0.1) is 11.3 Å². The monoisotopic (exact) mass is 438 g/mol. The third kappa shape index (κ3) is 4.64. The first-order chi connectivity index (χ1) is 14.5. The third-order valence-electron chi connectivity index (χ3n) is 4.02. The zero-order valence-electron chi connectivity index (χ0n) is 15.7. The van der Waals surface area contributed by atoms with E-state index in [1.165, 1.54) is 36.4 Å². The van der Waals surface area contributed by atoms with Gasteiger partial charge in [0.2, 0.25) is 0 Å². The van der Waals surface area contributed by atoms with Crippen LogP contribution in [-0.4, -0.2) is 20.7 Å². The second-order valence-electron chi connectivity index (χ2n) is 6.28. The summed E-state index contributed by atoms with van der Waals surface area (Å²) < 4.78 is 15.1. The number of aromatic nitrogens is 3. The largest absolute Gasteiger partial charge is 0.321 e. The number of hydrogen-bond acceptors (Lipinski definition) is 6. The number of benzene rings is 2. The molecule has 4 rings (SSSR count). The molecular formula is C21H15FN4O2S2. The van der Waals surface area contributed by atoms with E-state index in [4.69, 9.17) is 0 Å². The number of aryl methyl sites for hydroxylation is 1. The van der Waals surface area contributed by atoms with E-state index in [2.05, 4.69) is 15.4 Å². The van der Waals surface area contributed by atoms with Crippen LogP contribution in [0.5, 0.6) is 0 Å². The highest BCUT2D eigenvalue weighted by Crippen LogP contribution is 2.30. The van der Waals surface area contributed by atoms with Crippen molar-refractivity contribution in [3.05, 3.63) is 93.6 Å². The summed E-state index contributed by atoms with van der Waals surface area (Å²) >= 11 is 3.14. The molecule has 0 spiro atoms. The highest BCUT2D eigenvalue weighted by Gasteiger charge is 2.12. The minimum Gasteiger partial charge on any atom is -0.321 e. The molecule has 2 heterocycles. The van der Waals surface area contributed by atoms with E-state index in [9.17, 15) is 14.0 Å². The van der Waals surface area contributed by atoms with Crippen LogP contribution in [0.2, 0.25) is 0 Å². The molecule has 9 heteroatoms. The van der Waals surface area contributed by atoms with E-state index in [0.29, 0.717) is 11.4 Å². The number of carbonyl (C=O) groups is 1. The molecule has 2 aromatic carbocycles. The summed E-state index contributed by atoms with van der Waals surface area (Å²) in [6.07, 6.45) is 0. The fourth-order valence-electron chi connectivity index (χ4n) is 2.58. The molecule has 0 radical (unpaired) electrons. The van der Waals surface area contributed by atoms with Crippen molar-refractivity contribution >= 4 is 34.7 Å². The molecule has 30 heavy (non-hydrogen) atoms. The molecule has 0 fully saturated rings. The van der Waals surface area contributed by atoms with Crippen LogP contribution in [0.1, 0.15) is 16.2 Å². The Morgan fingerprint density at radius 3 is 2.47 bits per heavy atom. The number of thiazole rings is 1. The molecular weight excluding hydrogens is 423 g/mol. The Bertz CT molecular complexity index is 1250. The van der Waals surface area contributed by atoms with Gasteiger partial charge in [0, 0.05) is 27.7 Å². The van der Waals surface area contributed by atoms with Gasteiger partial charge in [-0.25, -0.2) is 9.37 Å². The van der Waals surface area contributed by atoms with Crippen LogP contribution < -0.4 is 10.9 Å². The van der Waals surface area contributed by atoms with Gasteiger partial charge in [0.05, 0.1) is 5.69 Å². The van der Waals surface area contributed by atoms with Gasteiger partial charge in [-0.2, -0.15) is 9.78 Å². The number of hydrogen-bond donors (Lipinski definition) is 1. The van der Waals surface area contributed by atoms with Crippen molar-refractivity contribution in [2.45, 2.75) is 16.2 Å². The zero-order valence-corrected chi connectivity index (χ0v) is 17.3. The Morgan fingerprint density at radius 1 is 1.07 bits per heavy atom. The van der Waals surface area contributed by atoms with Crippen LogP contribution in [0.4, 0.5) is 10.1 Å². The van der Waals surface area contributed by atoms with Crippen molar-refractivity contribution in [2.24, 2.45) is 0 Å². The molecule has 0 atom stereocenters. The Labute approximate surface area is 179 Å². The number of anilines is 1. The maximum atomic E-state index is 13.1. The van der Waals surface area contributed by atoms with Crippen LogP contribution in [0, 0.1) is 12.7 Å². The molecule has 1 amide bonds. The average molecular weight is 439 g/mol. The van der Waals surface area contributed by atoms with Gasteiger partial charge in [0.15, 0.2) is 4.34 Å². The first kappa shape index (κ1) is 20.0. The van der Waals surface area contributed by atoms with Crippen LogP contribution in [0.25, 0.3) is 5.69 Å². The summed E-state index contributed by atoms with van der Waals surface area (Å²) in [5, 5.41) is 8.86. The lowest BCUT2D eigenvalue weighted by Gasteiger charge is -2.08. The molecule has 0 aliphatic carbocycles. The first-order valence-electron chi connectivity index (χ1n) is 8.86. The standard InChI is InChI=1S/C21H15FN4O2S2/c1-13-12-29-21(23-13)30-17-8-4-15(5-9-17)24-20(28)18-10-11-19(27)26(25-18)16-6-2-14(22)3-7-16/h2-12H,1H3,(H,24,28). The Hall–Kier alpha value is -3.30. The lowest BCUT2D eigenvalue weighted by molar-refractivity contribution is 0.102. The summed E-state index contributed by atoms with van der Waals surface area (Å²) in [4.78, 5) is 30.1. The van der Waals surface area contributed by atoms with E-state index in [1.807, 2.05) is 24.4 Å². The summed E-state index contributed by atoms with van der Waals surface area (Å²) in [5.41, 5.74) is 1.60. The molecule has 2 aromatic heterocycles. The number of nitrogens with one attached hydrogen (secondary N) is 1. The van der Waals surface area contributed by atoms with Gasteiger partial charge in [0.1, 0.15) is 11.5 Å². The number of rotatable bonds is 5. The van der Waals surface area contributed by atoms with Crippen molar-refractivity contribution in [1.29, 1.82) is 0 Å².